The fourth-order valence-electron chi connectivity index (χ4n) is 7.92. The van der Waals surface area contributed by atoms with Crippen LogP contribution < -0.4 is 11.5 Å². The van der Waals surface area contributed by atoms with E-state index in [1.807, 2.05) is 86.6 Å². The van der Waals surface area contributed by atoms with Crippen LogP contribution in [0.4, 0.5) is 11.6 Å². The first-order chi connectivity index (χ1) is 26.6. The number of nitrogen functional groups attached to an aromatic ring is 2. The molecule has 1 unspecified atom stereocenters. The molecule has 6 heterocycles. The lowest BCUT2D eigenvalue weighted by atomic mass is 9.87. The van der Waals surface area contributed by atoms with E-state index >= 15 is 0 Å². The highest BCUT2D eigenvalue weighted by Gasteiger charge is 2.57. The quantitative estimate of drug-likeness (QED) is 0.159. The van der Waals surface area contributed by atoms with E-state index in [4.69, 9.17) is 30.4 Å². The molecule has 6 aromatic rings. The molecule has 0 radical (unpaired) electrons. The van der Waals surface area contributed by atoms with Gasteiger partial charge in [-0.05, 0) is 48.2 Å². The average molecular weight is 746 g/mol. The highest BCUT2D eigenvalue weighted by Crippen LogP contribution is 2.47. The van der Waals surface area contributed by atoms with E-state index in [0.29, 0.717) is 47.3 Å². The number of anilines is 2. The number of nitriles is 1. The Bertz CT molecular complexity index is 2260. The summed E-state index contributed by atoms with van der Waals surface area (Å²) in [5.74, 6) is -0.873. The number of nitrogens with two attached hydrogens (primary N) is 2. The molecule has 4 aromatic heterocycles. The number of hydrogen-bond acceptors (Lipinski definition) is 12. The van der Waals surface area contributed by atoms with E-state index < -0.39 is 23.6 Å². The first-order valence-electron chi connectivity index (χ1n) is 18.6. The van der Waals surface area contributed by atoms with Crippen LogP contribution in [-0.2, 0) is 43.5 Å². The predicted molar refractivity (Wildman–Crippen MR) is 205 cm³/mol. The zero-order valence-electron chi connectivity index (χ0n) is 31.4. The second-order valence-electron chi connectivity index (χ2n) is 14.1. The monoisotopic (exact) mass is 745 g/mol. The Hall–Kier alpha value is -5.43. The molecule has 286 valence electrons. The average Bonchev–Trinajstić information content (AvgIpc) is 3.97. The van der Waals surface area contributed by atoms with Gasteiger partial charge in [-0.25, -0.2) is 19.0 Å². The van der Waals surface area contributed by atoms with Crippen molar-refractivity contribution in [3.63, 3.8) is 0 Å². The Balaban J connectivity index is 0.000000169. The molecule has 0 saturated carbocycles. The van der Waals surface area contributed by atoms with Gasteiger partial charge in [-0.2, -0.15) is 15.5 Å². The van der Waals surface area contributed by atoms with Crippen LogP contribution in [0.15, 0.2) is 97.6 Å². The Kier molecular flexibility index (Phi) is 10.8. The number of rotatable bonds is 10. The molecule has 0 aliphatic carbocycles. The van der Waals surface area contributed by atoms with Crippen molar-refractivity contribution in [3.8, 4) is 6.07 Å². The zero-order chi connectivity index (χ0) is 38.7. The molecule has 0 spiro atoms. The van der Waals surface area contributed by atoms with Gasteiger partial charge in [0.1, 0.15) is 47.7 Å². The van der Waals surface area contributed by atoms with Crippen LogP contribution in [0.1, 0.15) is 63.1 Å². The lowest BCUT2D eigenvalue weighted by Crippen LogP contribution is -2.41. The highest BCUT2D eigenvalue weighted by atomic mass is 16.7. The maximum absolute atomic E-state index is 11.6. The van der Waals surface area contributed by atoms with Gasteiger partial charge in [0, 0.05) is 11.8 Å². The lowest BCUT2D eigenvalue weighted by Gasteiger charge is -2.29. The molecule has 8 atom stereocenters. The van der Waals surface area contributed by atoms with E-state index in [9.17, 15) is 10.4 Å². The summed E-state index contributed by atoms with van der Waals surface area (Å²) < 4.78 is 28.2. The van der Waals surface area contributed by atoms with Crippen LogP contribution in [0.3, 0.4) is 0 Å². The van der Waals surface area contributed by atoms with Gasteiger partial charge in [-0.15, -0.1) is 0 Å². The Labute approximate surface area is 319 Å². The largest absolute Gasteiger partial charge is 0.382 e. The summed E-state index contributed by atoms with van der Waals surface area (Å²) in [6.07, 6.45) is 3.10. The molecule has 2 saturated heterocycles. The minimum atomic E-state index is -1.62. The molecule has 2 aliphatic heterocycles. The number of aromatic nitrogens is 6. The van der Waals surface area contributed by atoms with E-state index in [0.717, 1.165) is 24.0 Å². The number of aliphatic hydroxyl groups is 1. The fraction of sp³-hybridized carbons (Fsp3) is 0.390. The third-order valence-electron chi connectivity index (χ3n) is 10.8. The Morgan fingerprint density at radius 1 is 0.709 bits per heavy atom. The number of fused-ring (bicyclic) bond motifs is 2. The van der Waals surface area contributed by atoms with Crippen molar-refractivity contribution in [1.82, 2.24) is 29.2 Å². The van der Waals surface area contributed by atoms with Gasteiger partial charge in [-0.3, -0.25) is 0 Å². The van der Waals surface area contributed by atoms with Crippen LogP contribution in [0.5, 0.6) is 0 Å². The summed E-state index contributed by atoms with van der Waals surface area (Å²) in [4.78, 5) is 8.03. The Morgan fingerprint density at radius 3 is 1.71 bits per heavy atom. The van der Waals surface area contributed by atoms with Gasteiger partial charge >= 0.3 is 0 Å². The number of ether oxygens (including phenoxy) is 4. The summed E-state index contributed by atoms with van der Waals surface area (Å²) in [6.45, 7) is 9.00. The topological polar surface area (TPSA) is 193 Å². The first kappa shape index (κ1) is 37.9. The van der Waals surface area contributed by atoms with E-state index in [2.05, 4.69) is 40.1 Å². The molecular weight excluding hydrogens is 699 g/mol. The summed E-state index contributed by atoms with van der Waals surface area (Å²) in [5, 5.41) is 30.4. The summed E-state index contributed by atoms with van der Waals surface area (Å²) in [5.41, 5.74) is 15.1. The van der Waals surface area contributed by atoms with Crippen molar-refractivity contribution in [3.05, 3.63) is 120 Å². The molecule has 2 fully saturated rings. The minimum absolute atomic E-state index is 0.00782. The SMILES string of the molecule is CC[C@H]1OC(O)(c2ccc3c(N)ncnn23)[C@H](OCc2ccccc2)[C@@H]1C.CC[C@H]1O[C@@](C#N)(c2ccc3c(N)ncnn23)[C@H](OCc2ccccc2)[C@@H]1C. The van der Waals surface area contributed by atoms with Gasteiger partial charge in [0.2, 0.25) is 11.4 Å². The van der Waals surface area contributed by atoms with Crippen LogP contribution in [-0.4, -0.2) is 58.7 Å². The van der Waals surface area contributed by atoms with Crippen molar-refractivity contribution in [2.24, 2.45) is 11.8 Å². The number of nitrogens with zero attached hydrogens (tertiary/aromatic N) is 7. The normalized spacial score (nSPS) is 27.6. The maximum Gasteiger partial charge on any atom is 0.237 e. The molecular formula is C41H47N9O5. The van der Waals surface area contributed by atoms with Gasteiger partial charge in [0.15, 0.2) is 11.6 Å². The molecule has 0 bridgehead atoms. The van der Waals surface area contributed by atoms with Crippen molar-refractivity contribution in [2.75, 3.05) is 11.5 Å². The van der Waals surface area contributed by atoms with Crippen molar-refractivity contribution in [2.45, 2.75) is 89.6 Å². The molecule has 0 amide bonds. The van der Waals surface area contributed by atoms with Gasteiger partial charge < -0.3 is 35.5 Å². The minimum Gasteiger partial charge on any atom is -0.382 e. The van der Waals surface area contributed by atoms with E-state index in [-0.39, 0.29) is 24.0 Å². The molecule has 5 N–H and O–H groups in total. The molecule has 2 aromatic carbocycles. The summed E-state index contributed by atoms with van der Waals surface area (Å²) >= 11 is 0. The molecule has 2 aliphatic rings. The standard InChI is InChI=1S/C21H23N5O2.C20H24N4O3/c1-3-17-14(2)19(27-11-15-7-5-4-6-8-15)21(12-22,28-17)18-10-9-16-20(23)24-13-25-26(16)18;1-3-16-13(2)18(26-11-14-7-5-4-6-8-14)20(25,27-16)17-10-9-15-19(21)22-12-23-24(15)17/h4-10,13-14,17,19H,3,11H2,1-2H3,(H2,23,24,25);4-10,12-13,16,18,25H,3,11H2,1-2H3,(H2,21,22,23)/t14-,17-,19-,21+;13-,16-,18-,20?/m11/s1. The lowest BCUT2D eigenvalue weighted by molar-refractivity contribution is -0.251. The fourth-order valence-corrected chi connectivity index (χ4v) is 7.92. The van der Waals surface area contributed by atoms with Crippen molar-refractivity contribution >= 4 is 22.7 Å². The van der Waals surface area contributed by atoms with Crippen LogP contribution >= 0.6 is 0 Å². The third kappa shape index (κ3) is 6.90. The van der Waals surface area contributed by atoms with Gasteiger partial charge in [0.25, 0.3) is 0 Å². The highest BCUT2D eigenvalue weighted by molar-refractivity contribution is 5.66. The van der Waals surface area contributed by atoms with Crippen LogP contribution in [0, 0.1) is 23.2 Å². The molecule has 14 nitrogen and oxygen atoms in total. The summed E-state index contributed by atoms with van der Waals surface area (Å²) in [6, 6.07) is 29.4. The predicted octanol–water partition coefficient (Wildman–Crippen LogP) is 5.55. The maximum atomic E-state index is 11.6. The molecule has 14 heteroatoms. The first-order valence-corrected chi connectivity index (χ1v) is 18.6. The third-order valence-corrected chi connectivity index (χ3v) is 10.8. The van der Waals surface area contributed by atoms with E-state index in [1.165, 1.54) is 12.7 Å². The second-order valence-corrected chi connectivity index (χ2v) is 14.1. The summed E-state index contributed by atoms with van der Waals surface area (Å²) in [7, 11) is 0. The van der Waals surface area contributed by atoms with Gasteiger partial charge in [-0.1, -0.05) is 88.4 Å². The molecule has 8 rings (SSSR count). The van der Waals surface area contributed by atoms with Gasteiger partial charge in [0.05, 0.1) is 31.1 Å². The Morgan fingerprint density at radius 2 is 1.18 bits per heavy atom. The van der Waals surface area contributed by atoms with Crippen molar-refractivity contribution < 1.29 is 24.1 Å². The number of hydrogen-bond donors (Lipinski definition) is 3. The molecule has 55 heavy (non-hydrogen) atoms. The van der Waals surface area contributed by atoms with E-state index in [1.54, 1.807) is 21.2 Å². The zero-order valence-corrected chi connectivity index (χ0v) is 31.4. The van der Waals surface area contributed by atoms with Crippen molar-refractivity contribution in [1.29, 1.82) is 5.26 Å². The van der Waals surface area contributed by atoms with Crippen LogP contribution in [0.25, 0.3) is 11.0 Å². The number of benzene rings is 2. The smallest absolute Gasteiger partial charge is 0.237 e. The second kappa shape index (κ2) is 15.7. The van der Waals surface area contributed by atoms with Crippen LogP contribution in [0.2, 0.25) is 0 Å².